The first kappa shape index (κ1) is 18.3. The van der Waals surface area contributed by atoms with Crippen molar-refractivity contribution in [2.24, 2.45) is 0 Å². The van der Waals surface area contributed by atoms with Crippen molar-refractivity contribution in [3.63, 3.8) is 0 Å². The van der Waals surface area contributed by atoms with Gasteiger partial charge in [-0.3, -0.25) is 4.79 Å². The fourth-order valence-corrected chi connectivity index (χ4v) is 4.58. The van der Waals surface area contributed by atoms with Crippen LogP contribution in [0.4, 0.5) is 4.79 Å². The van der Waals surface area contributed by atoms with E-state index in [0.29, 0.717) is 6.54 Å². The fraction of sp³-hybridized carbons (Fsp3) is 0.619. The van der Waals surface area contributed by atoms with Gasteiger partial charge in [0.1, 0.15) is 6.54 Å². The van der Waals surface area contributed by atoms with Gasteiger partial charge in [0, 0.05) is 44.8 Å². The maximum Gasteiger partial charge on any atom is 0.318 e. The Bertz CT molecular complexity index is 657. The molecule has 0 spiro atoms. The van der Waals surface area contributed by atoms with Gasteiger partial charge in [-0.15, -0.1) is 0 Å². The molecule has 0 bridgehead atoms. The van der Waals surface area contributed by atoms with Crippen molar-refractivity contribution in [1.82, 2.24) is 20.0 Å². The van der Waals surface area contributed by atoms with Crippen molar-refractivity contribution < 1.29 is 9.59 Å². The highest BCUT2D eigenvalue weighted by Gasteiger charge is 2.37. The molecule has 0 aromatic heterocycles. The number of rotatable bonds is 4. The van der Waals surface area contributed by atoms with Crippen molar-refractivity contribution in [3.05, 3.63) is 35.9 Å². The normalized spacial score (nSPS) is 24.1. The van der Waals surface area contributed by atoms with Crippen LogP contribution < -0.4 is 5.32 Å². The number of likely N-dealkylation sites (tertiary alicyclic amines) is 1. The minimum absolute atomic E-state index is 0.0577. The van der Waals surface area contributed by atoms with Crippen LogP contribution in [0.25, 0.3) is 0 Å². The molecule has 0 saturated carbocycles. The number of hydrogen-bond donors (Lipinski definition) is 1. The second-order valence-electron chi connectivity index (χ2n) is 8.06. The smallest absolute Gasteiger partial charge is 0.318 e. The van der Waals surface area contributed by atoms with E-state index in [0.717, 1.165) is 58.3 Å². The Morgan fingerprint density at radius 1 is 1.07 bits per heavy atom. The summed E-state index contributed by atoms with van der Waals surface area (Å²) in [5, 5.41) is 3.17. The molecule has 6 nitrogen and oxygen atoms in total. The van der Waals surface area contributed by atoms with Crippen molar-refractivity contribution in [2.45, 2.75) is 44.2 Å². The third kappa shape index (κ3) is 4.43. The van der Waals surface area contributed by atoms with Gasteiger partial charge in [-0.1, -0.05) is 30.3 Å². The van der Waals surface area contributed by atoms with Gasteiger partial charge in [0.25, 0.3) is 0 Å². The highest BCUT2D eigenvalue weighted by molar-refractivity contribution is 5.86. The first-order valence-corrected chi connectivity index (χ1v) is 10.3. The molecule has 3 amide bonds. The van der Waals surface area contributed by atoms with E-state index in [1.54, 1.807) is 4.90 Å². The number of amides is 3. The molecule has 1 unspecified atom stereocenters. The monoisotopic (exact) mass is 370 g/mol. The van der Waals surface area contributed by atoms with Crippen molar-refractivity contribution in [2.75, 3.05) is 39.3 Å². The Labute approximate surface area is 161 Å². The van der Waals surface area contributed by atoms with Crippen molar-refractivity contribution in [1.29, 1.82) is 0 Å². The van der Waals surface area contributed by atoms with Crippen molar-refractivity contribution in [3.8, 4) is 0 Å². The molecule has 3 aliphatic rings. The van der Waals surface area contributed by atoms with Gasteiger partial charge in [0.15, 0.2) is 0 Å². The number of carbonyl (C=O) groups is 2. The van der Waals surface area contributed by atoms with Crippen LogP contribution in [0, 0.1) is 0 Å². The molecule has 0 radical (unpaired) electrons. The van der Waals surface area contributed by atoms with E-state index < -0.39 is 0 Å². The molecule has 4 rings (SSSR count). The quantitative estimate of drug-likeness (QED) is 0.878. The predicted molar refractivity (Wildman–Crippen MR) is 104 cm³/mol. The molecule has 3 aliphatic heterocycles. The Hall–Kier alpha value is -2.08. The molecule has 3 fully saturated rings. The highest BCUT2D eigenvalue weighted by atomic mass is 16.2. The zero-order valence-corrected chi connectivity index (χ0v) is 16.0. The first-order chi connectivity index (χ1) is 13.2. The van der Waals surface area contributed by atoms with E-state index in [1.807, 2.05) is 4.90 Å². The number of fused-ring (bicyclic) bond motifs is 1. The Balaban J connectivity index is 1.20. The number of nitrogens with zero attached hydrogens (tertiary/aromatic N) is 3. The number of benzene rings is 1. The van der Waals surface area contributed by atoms with E-state index in [-0.39, 0.29) is 30.6 Å². The lowest BCUT2D eigenvalue weighted by molar-refractivity contribution is -0.136. The molecule has 146 valence electrons. The van der Waals surface area contributed by atoms with Crippen LogP contribution in [-0.4, -0.2) is 78.0 Å². The molecular formula is C21H30N4O2. The standard InChI is InChI=1S/C21H30N4O2/c26-20-16-24(15-19-7-4-11-25(19)20)21(27)22-18-9-13-23(14-10-18)12-8-17-5-2-1-3-6-17/h1-3,5-6,18-19H,4,7-16H2,(H,22,27). The van der Waals surface area contributed by atoms with E-state index in [9.17, 15) is 9.59 Å². The molecule has 27 heavy (non-hydrogen) atoms. The van der Waals surface area contributed by atoms with Gasteiger partial charge in [0.05, 0.1) is 0 Å². The second kappa shape index (κ2) is 8.30. The lowest BCUT2D eigenvalue weighted by atomic mass is 10.0. The van der Waals surface area contributed by atoms with Crippen LogP contribution >= 0.6 is 0 Å². The molecular weight excluding hydrogens is 340 g/mol. The topological polar surface area (TPSA) is 55.9 Å². The SMILES string of the molecule is O=C(NC1CCN(CCc2ccccc2)CC1)N1CC(=O)N2CCCC2C1. The summed E-state index contributed by atoms with van der Waals surface area (Å²) in [4.78, 5) is 31.0. The second-order valence-corrected chi connectivity index (χ2v) is 8.06. The van der Waals surface area contributed by atoms with Crippen LogP contribution in [0.15, 0.2) is 30.3 Å². The largest absolute Gasteiger partial charge is 0.336 e. The van der Waals surface area contributed by atoms with Crippen molar-refractivity contribution >= 4 is 11.9 Å². The summed E-state index contributed by atoms with van der Waals surface area (Å²) in [5.41, 5.74) is 1.38. The average molecular weight is 370 g/mol. The zero-order chi connectivity index (χ0) is 18.6. The Morgan fingerprint density at radius 3 is 2.63 bits per heavy atom. The molecule has 1 atom stereocenters. The summed E-state index contributed by atoms with van der Waals surface area (Å²) in [6.07, 6.45) is 5.13. The lowest BCUT2D eigenvalue weighted by Gasteiger charge is -2.38. The summed E-state index contributed by atoms with van der Waals surface area (Å²) in [7, 11) is 0. The number of hydrogen-bond acceptors (Lipinski definition) is 3. The van der Waals surface area contributed by atoms with Gasteiger partial charge in [-0.25, -0.2) is 4.79 Å². The zero-order valence-electron chi connectivity index (χ0n) is 16.0. The minimum atomic E-state index is -0.0577. The maximum atomic E-state index is 12.6. The van der Waals surface area contributed by atoms with Gasteiger partial charge in [-0.2, -0.15) is 0 Å². The molecule has 0 aliphatic carbocycles. The number of carbonyl (C=O) groups excluding carboxylic acids is 2. The van der Waals surface area contributed by atoms with E-state index in [2.05, 4.69) is 40.5 Å². The summed E-state index contributed by atoms with van der Waals surface area (Å²) in [6, 6.07) is 11.0. The van der Waals surface area contributed by atoms with E-state index in [1.165, 1.54) is 5.56 Å². The maximum absolute atomic E-state index is 12.6. The summed E-state index contributed by atoms with van der Waals surface area (Å²) < 4.78 is 0. The van der Waals surface area contributed by atoms with Crippen LogP contribution in [0.5, 0.6) is 0 Å². The van der Waals surface area contributed by atoms with Crippen LogP contribution in [0.3, 0.4) is 0 Å². The van der Waals surface area contributed by atoms with Gasteiger partial charge < -0.3 is 20.0 Å². The number of urea groups is 1. The molecule has 1 aromatic rings. The number of piperazine rings is 1. The van der Waals surface area contributed by atoms with Crippen LogP contribution in [0.2, 0.25) is 0 Å². The van der Waals surface area contributed by atoms with Gasteiger partial charge in [-0.05, 0) is 37.7 Å². The first-order valence-electron chi connectivity index (χ1n) is 10.3. The Morgan fingerprint density at radius 2 is 1.85 bits per heavy atom. The van der Waals surface area contributed by atoms with Gasteiger partial charge >= 0.3 is 6.03 Å². The van der Waals surface area contributed by atoms with Gasteiger partial charge in [0.2, 0.25) is 5.91 Å². The molecule has 1 aromatic carbocycles. The number of nitrogens with one attached hydrogen (secondary N) is 1. The molecule has 6 heteroatoms. The van der Waals surface area contributed by atoms with E-state index >= 15 is 0 Å². The average Bonchev–Trinajstić information content (AvgIpc) is 3.17. The summed E-state index contributed by atoms with van der Waals surface area (Å²) in [6.45, 7) is 4.90. The molecule has 3 heterocycles. The van der Waals surface area contributed by atoms with Crippen LogP contribution in [0.1, 0.15) is 31.2 Å². The fourth-order valence-electron chi connectivity index (χ4n) is 4.58. The summed E-state index contributed by atoms with van der Waals surface area (Å²) in [5.74, 6) is 0.106. The third-order valence-electron chi connectivity index (χ3n) is 6.22. The van der Waals surface area contributed by atoms with Crippen LogP contribution in [-0.2, 0) is 11.2 Å². The Kier molecular flexibility index (Phi) is 5.62. The lowest BCUT2D eigenvalue weighted by Crippen LogP contribution is -2.59. The number of piperidine rings is 1. The predicted octanol–water partition coefficient (Wildman–Crippen LogP) is 1.71. The third-order valence-corrected chi connectivity index (χ3v) is 6.22. The van der Waals surface area contributed by atoms with E-state index in [4.69, 9.17) is 0 Å². The molecule has 3 saturated heterocycles. The summed E-state index contributed by atoms with van der Waals surface area (Å²) >= 11 is 0. The minimum Gasteiger partial charge on any atom is -0.336 e. The molecule has 1 N–H and O–H groups in total. The highest BCUT2D eigenvalue weighted by Crippen LogP contribution is 2.22.